The minimum Gasteiger partial charge on any atom is -0.384 e. The molecule has 1 saturated heterocycles. The van der Waals surface area contributed by atoms with Gasteiger partial charge in [0.25, 0.3) is 0 Å². The van der Waals surface area contributed by atoms with Crippen LogP contribution in [0.2, 0.25) is 5.02 Å². The number of halogens is 2. The third kappa shape index (κ3) is 2.95. The van der Waals surface area contributed by atoms with Crippen molar-refractivity contribution in [3.63, 3.8) is 0 Å². The number of alkyl halides is 1. The van der Waals surface area contributed by atoms with Crippen LogP contribution in [0.4, 0.5) is 5.69 Å². The zero-order valence-corrected chi connectivity index (χ0v) is 12.3. The van der Waals surface area contributed by atoms with Crippen molar-refractivity contribution in [1.82, 2.24) is 0 Å². The number of methoxy groups -OCH3 is 1. The largest absolute Gasteiger partial charge is 0.384 e. The highest BCUT2D eigenvalue weighted by Crippen LogP contribution is 2.32. The van der Waals surface area contributed by atoms with Gasteiger partial charge >= 0.3 is 0 Å². The minimum absolute atomic E-state index is 0.641. The highest BCUT2D eigenvalue weighted by atomic mass is 79.9. The molecule has 2 nitrogen and oxygen atoms in total. The molecule has 0 aliphatic carbocycles. The van der Waals surface area contributed by atoms with Crippen LogP contribution in [0.3, 0.4) is 0 Å². The molecule has 0 aromatic heterocycles. The van der Waals surface area contributed by atoms with E-state index in [1.54, 1.807) is 7.11 Å². The Labute approximate surface area is 116 Å². The van der Waals surface area contributed by atoms with Crippen LogP contribution in [0, 0.1) is 5.92 Å². The molecule has 1 aromatic carbocycles. The molecule has 0 spiro atoms. The molecule has 0 amide bonds. The lowest BCUT2D eigenvalue weighted by atomic mass is 10.1. The van der Waals surface area contributed by atoms with Gasteiger partial charge in [-0.05, 0) is 18.6 Å². The second-order valence-electron chi connectivity index (χ2n) is 4.43. The standard InChI is InChI=1S/C13H17BrClNO/c1-17-9-10-5-6-16(8-10)13-4-2-3-12(15)11(13)7-14/h2-4,10H,5-9H2,1H3. The van der Waals surface area contributed by atoms with Crippen molar-refractivity contribution in [3.8, 4) is 0 Å². The fourth-order valence-corrected chi connectivity index (χ4v) is 3.39. The monoisotopic (exact) mass is 317 g/mol. The summed E-state index contributed by atoms with van der Waals surface area (Å²) in [7, 11) is 1.77. The smallest absolute Gasteiger partial charge is 0.0508 e. The molecule has 1 fully saturated rings. The van der Waals surface area contributed by atoms with E-state index in [2.05, 4.69) is 26.9 Å². The fourth-order valence-electron chi connectivity index (χ4n) is 2.40. The van der Waals surface area contributed by atoms with E-state index in [-0.39, 0.29) is 0 Å². The van der Waals surface area contributed by atoms with Gasteiger partial charge in [0.05, 0.1) is 6.61 Å². The molecule has 2 rings (SSSR count). The van der Waals surface area contributed by atoms with Gasteiger partial charge in [-0.3, -0.25) is 0 Å². The first-order valence-corrected chi connectivity index (χ1v) is 7.33. The quantitative estimate of drug-likeness (QED) is 0.785. The average Bonchev–Trinajstić information content (AvgIpc) is 2.78. The van der Waals surface area contributed by atoms with E-state index >= 15 is 0 Å². The molecule has 0 bridgehead atoms. The molecular weight excluding hydrogens is 302 g/mol. The van der Waals surface area contributed by atoms with Gasteiger partial charge in [0.1, 0.15) is 0 Å². The number of anilines is 1. The summed E-state index contributed by atoms with van der Waals surface area (Å²) in [6.07, 6.45) is 1.20. The van der Waals surface area contributed by atoms with Crippen molar-refractivity contribution in [2.75, 3.05) is 31.7 Å². The van der Waals surface area contributed by atoms with Gasteiger partial charge in [-0.2, -0.15) is 0 Å². The zero-order chi connectivity index (χ0) is 12.3. The molecule has 17 heavy (non-hydrogen) atoms. The van der Waals surface area contributed by atoms with E-state index in [1.807, 2.05) is 12.1 Å². The maximum Gasteiger partial charge on any atom is 0.0508 e. The van der Waals surface area contributed by atoms with Crippen LogP contribution in [0.5, 0.6) is 0 Å². The molecule has 0 N–H and O–H groups in total. The number of nitrogens with zero attached hydrogens (tertiary/aromatic N) is 1. The summed E-state index contributed by atoms with van der Waals surface area (Å²) in [6, 6.07) is 6.12. The number of ether oxygens (including phenoxy) is 1. The normalized spacial score (nSPS) is 19.9. The van der Waals surface area contributed by atoms with Crippen molar-refractivity contribution in [1.29, 1.82) is 0 Å². The van der Waals surface area contributed by atoms with Crippen molar-refractivity contribution in [2.24, 2.45) is 5.92 Å². The molecule has 1 heterocycles. The van der Waals surface area contributed by atoms with E-state index in [1.165, 1.54) is 17.7 Å². The maximum atomic E-state index is 6.22. The molecule has 4 heteroatoms. The molecule has 0 saturated carbocycles. The van der Waals surface area contributed by atoms with Gasteiger partial charge in [0.2, 0.25) is 0 Å². The van der Waals surface area contributed by atoms with Gasteiger partial charge < -0.3 is 9.64 Å². The summed E-state index contributed by atoms with van der Waals surface area (Å²) in [5.74, 6) is 0.641. The number of rotatable bonds is 4. The van der Waals surface area contributed by atoms with E-state index < -0.39 is 0 Å². The number of hydrogen-bond donors (Lipinski definition) is 0. The summed E-state index contributed by atoms with van der Waals surface area (Å²) in [4.78, 5) is 2.41. The minimum atomic E-state index is 0.641. The molecule has 1 unspecified atom stereocenters. The molecule has 0 radical (unpaired) electrons. The Morgan fingerprint density at radius 3 is 3.06 bits per heavy atom. The highest BCUT2D eigenvalue weighted by molar-refractivity contribution is 9.08. The van der Waals surface area contributed by atoms with Crippen LogP contribution in [0.25, 0.3) is 0 Å². The Morgan fingerprint density at radius 2 is 2.35 bits per heavy atom. The maximum absolute atomic E-state index is 6.22. The summed E-state index contributed by atoms with van der Waals surface area (Å²) in [5, 5.41) is 1.64. The van der Waals surface area contributed by atoms with Gasteiger partial charge in [-0.25, -0.2) is 0 Å². The fraction of sp³-hybridized carbons (Fsp3) is 0.538. The van der Waals surface area contributed by atoms with E-state index in [0.717, 1.165) is 30.0 Å². The Hall–Kier alpha value is -0.250. The Morgan fingerprint density at radius 1 is 1.53 bits per heavy atom. The van der Waals surface area contributed by atoms with E-state index in [0.29, 0.717) is 5.92 Å². The molecule has 1 aliphatic heterocycles. The molecule has 94 valence electrons. The van der Waals surface area contributed by atoms with Crippen LogP contribution >= 0.6 is 27.5 Å². The molecule has 1 aliphatic rings. The topological polar surface area (TPSA) is 12.5 Å². The lowest BCUT2D eigenvalue weighted by Gasteiger charge is -2.22. The average molecular weight is 319 g/mol. The summed E-state index contributed by atoms with van der Waals surface area (Å²) in [5.41, 5.74) is 2.44. The van der Waals surface area contributed by atoms with Crippen molar-refractivity contribution in [3.05, 3.63) is 28.8 Å². The summed E-state index contributed by atoms with van der Waals surface area (Å²) < 4.78 is 5.23. The zero-order valence-electron chi connectivity index (χ0n) is 9.96. The van der Waals surface area contributed by atoms with Crippen LogP contribution in [-0.4, -0.2) is 26.8 Å². The molecule has 1 aromatic rings. The third-order valence-electron chi connectivity index (χ3n) is 3.26. The predicted octanol–water partition coefficient (Wildman–Crippen LogP) is 3.71. The predicted molar refractivity (Wildman–Crippen MR) is 76.3 cm³/mol. The van der Waals surface area contributed by atoms with Gasteiger partial charge in [0.15, 0.2) is 0 Å². The van der Waals surface area contributed by atoms with Crippen molar-refractivity contribution >= 4 is 33.2 Å². The van der Waals surface area contributed by atoms with Gasteiger partial charge in [-0.1, -0.05) is 33.6 Å². The third-order valence-corrected chi connectivity index (χ3v) is 4.17. The van der Waals surface area contributed by atoms with Crippen molar-refractivity contribution in [2.45, 2.75) is 11.8 Å². The van der Waals surface area contributed by atoms with Gasteiger partial charge in [0, 0.05) is 47.7 Å². The Kier molecular flexibility index (Phi) is 4.71. The van der Waals surface area contributed by atoms with Crippen LogP contribution in [0.1, 0.15) is 12.0 Å². The van der Waals surface area contributed by atoms with Crippen molar-refractivity contribution < 1.29 is 4.74 Å². The first-order chi connectivity index (χ1) is 8.26. The second-order valence-corrected chi connectivity index (χ2v) is 5.40. The number of benzene rings is 1. The second kappa shape index (κ2) is 6.07. The molecular formula is C13H17BrClNO. The summed E-state index contributed by atoms with van der Waals surface area (Å²) >= 11 is 9.74. The highest BCUT2D eigenvalue weighted by Gasteiger charge is 2.24. The Balaban J connectivity index is 2.15. The number of hydrogen-bond acceptors (Lipinski definition) is 2. The summed E-state index contributed by atoms with van der Waals surface area (Å²) in [6.45, 7) is 3.00. The van der Waals surface area contributed by atoms with E-state index in [9.17, 15) is 0 Å². The first-order valence-electron chi connectivity index (χ1n) is 5.83. The molecule has 1 atom stereocenters. The lowest BCUT2D eigenvalue weighted by Crippen LogP contribution is -2.22. The first kappa shape index (κ1) is 13.2. The van der Waals surface area contributed by atoms with E-state index in [4.69, 9.17) is 16.3 Å². The van der Waals surface area contributed by atoms with Gasteiger partial charge in [-0.15, -0.1) is 0 Å². The Bertz CT molecular complexity index is 386. The lowest BCUT2D eigenvalue weighted by molar-refractivity contribution is 0.161. The van der Waals surface area contributed by atoms with Crippen LogP contribution in [0.15, 0.2) is 18.2 Å². The van der Waals surface area contributed by atoms with Crippen LogP contribution < -0.4 is 4.90 Å². The van der Waals surface area contributed by atoms with Crippen LogP contribution in [-0.2, 0) is 10.1 Å². The SMILES string of the molecule is COCC1CCN(c2cccc(Cl)c2CBr)C1.